The van der Waals surface area contributed by atoms with Gasteiger partial charge in [-0.3, -0.25) is 9.59 Å². The van der Waals surface area contributed by atoms with Crippen LogP contribution >= 0.6 is 35.0 Å². The molecule has 1 atom stereocenters. The van der Waals surface area contributed by atoms with E-state index in [2.05, 4.69) is 5.32 Å². The van der Waals surface area contributed by atoms with Gasteiger partial charge in [0.05, 0.1) is 5.75 Å². The number of carbonyl (C=O) groups excluding carboxylic acids is 2. The van der Waals surface area contributed by atoms with E-state index in [1.54, 1.807) is 37.3 Å². The fraction of sp³-hybridized carbons (Fsp3) is 0.364. The highest BCUT2D eigenvalue weighted by Crippen LogP contribution is 2.25. The number of nitrogens with zero attached hydrogens (tertiary/aromatic N) is 1. The molecular weight excluding hydrogens is 446 g/mol. The number of benzene rings is 2. The molecule has 0 aliphatic rings. The zero-order valence-corrected chi connectivity index (χ0v) is 19.3. The lowest BCUT2D eigenvalue weighted by atomic mass is 10.1. The highest BCUT2D eigenvalue weighted by molar-refractivity contribution is 7.99. The molecule has 162 valence electrons. The van der Waals surface area contributed by atoms with E-state index < -0.39 is 11.9 Å². The van der Waals surface area contributed by atoms with Crippen LogP contribution in [0, 0.1) is 5.82 Å². The van der Waals surface area contributed by atoms with Gasteiger partial charge in [-0.1, -0.05) is 54.4 Å². The molecule has 0 aromatic heterocycles. The van der Waals surface area contributed by atoms with Crippen LogP contribution in [0.25, 0.3) is 0 Å². The van der Waals surface area contributed by atoms with Crippen LogP contribution in [-0.2, 0) is 21.9 Å². The predicted molar refractivity (Wildman–Crippen MR) is 122 cm³/mol. The first kappa shape index (κ1) is 24.5. The molecule has 1 N–H and O–H groups in total. The van der Waals surface area contributed by atoms with Crippen LogP contribution in [0.1, 0.15) is 31.4 Å². The van der Waals surface area contributed by atoms with Gasteiger partial charge < -0.3 is 10.2 Å². The van der Waals surface area contributed by atoms with Gasteiger partial charge in [0.2, 0.25) is 11.8 Å². The summed E-state index contributed by atoms with van der Waals surface area (Å²) in [4.78, 5) is 26.8. The first-order chi connectivity index (χ1) is 14.3. The molecule has 30 heavy (non-hydrogen) atoms. The Morgan fingerprint density at radius 1 is 1.17 bits per heavy atom. The van der Waals surface area contributed by atoms with Crippen LogP contribution < -0.4 is 5.32 Å². The van der Waals surface area contributed by atoms with Gasteiger partial charge in [-0.15, -0.1) is 11.8 Å². The molecule has 4 nitrogen and oxygen atoms in total. The summed E-state index contributed by atoms with van der Waals surface area (Å²) in [5.74, 6) is -0.248. The molecule has 0 aliphatic heterocycles. The lowest BCUT2D eigenvalue weighted by Gasteiger charge is -2.29. The third kappa shape index (κ3) is 7.18. The number of hydrogen-bond donors (Lipinski definition) is 1. The summed E-state index contributed by atoms with van der Waals surface area (Å²) < 4.78 is 14.2. The molecule has 0 saturated carbocycles. The normalized spacial score (nSPS) is 11.8. The first-order valence-electron chi connectivity index (χ1n) is 9.65. The summed E-state index contributed by atoms with van der Waals surface area (Å²) in [6, 6.07) is 10.8. The molecule has 0 saturated heterocycles. The SMILES string of the molecule is CCCNC(=O)[C@@H](C)N(Cc1ccccc1F)C(=O)CSCc1ccc(Cl)cc1Cl. The molecule has 0 radical (unpaired) electrons. The van der Waals surface area contributed by atoms with Gasteiger partial charge in [0.25, 0.3) is 0 Å². The van der Waals surface area contributed by atoms with E-state index in [0.717, 1.165) is 12.0 Å². The van der Waals surface area contributed by atoms with Gasteiger partial charge in [0, 0.05) is 34.5 Å². The third-order valence-electron chi connectivity index (χ3n) is 4.51. The van der Waals surface area contributed by atoms with Gasteiger partial charge in [-0.2, -0.15) is 0 Å². The van der Waals surface area contributed by atoms with Gasteiger partial charge in [0.15, 0.2) is 0 Å². The standard InChI is InChI=1S/C22H25Cl2FN2O2S/c1-3-10-26-22(29)15(2)27(12-16-6-4-5-7-20(16)25)21(28)14-30-13-17-8-9-18(23)11-19(17)24/h4-9,11,15H,3,10,12-14H2,1-2H3,(H,26,29)/t15-/m1/s1. The number of amides is 2. The Bertz CT molecular complexity index is 882. The Balaban J connectivity index is 2.08. The van der Waals surface area contributed by atoms with Crippen LogP contribution in [-0.4, -0.2) is 35.1 Å². The van der Waals surface area contributed by atoms with Crippen molar-refractivity contribution < 1.29 is 14.0 Å². The summed E-state index contributed by atoms with van der Waals surface area (Å²) in [6.45, 7) is 4.15. The van der Waals surface area contributed by atoms with E-state index in [1.165, 1.54) is 22.7 Å². The average molecular weight is 471 g/mol. The minimum absolute atomic E-state index is 0.0223. The number of nitrogens with one attached hydrogen (secondary N) is 1. The number of hydrogen-bond acceptors (Lipinski definition) is 3. The van der Waals surface area contributed by atoms with E-state index in [1.807, 2.05) is 13.0 Å². The van der Waals surface area contributed by atoms with Crippen LogP contribution in [0.4, 0.5) is 4.39 Å². The topological polar surface area (TPSA) is 49.4 Å². The van der Waals surface area contributed by atoms with Crippen molar-refractivity contribution in [3.63, 3.8) is 0 Å². The monoisotopic (exact) mass is 470 g/mol. The summed E-state index contributed by atoms with van der Waals surface area (Å²) >= 11 is 13.5. The second-order valence-corrected chi connectivity index (χ2v) is 8.64. The molecule has 2 rings (SSSR count). The van der Waals surface area contributed by atoms with Crippen molar-refractivity contribution in [2.75, 3.05) is 12.3 Å². The van der Waals surface area contributed by atoms with Crippen LogP contribution in [0.3, 0.4) is 0 Å². The molecule has 0 fully saturated rings. The Hall–Kier alpha value is -1.76. The number of carbonyl (C=O) groups is 2. The van der Waals surface area contributed by atoms with Gasteiger partial charge in [0.1, 0.15) is 11.9 Å². The Labute approximate surface area is 191 Å². The van der Waals surface area contributed by atoms with Crippen molar-refractivity contribution in [1.82, 2.24) is 10.2 Å². The van der Waals surface area contributed by atoms with E-state index in [0.29, 0.717) is 27.9 Å². The van der Waals surface area contributed by atoms with Crippen LogP contribution in [0.15, 0.2) is 42.5 Å². The molecular formula is C22H25Cl2FN2O2S. The van der Waals surface area contributed by atoms with E-state index in [9.17, 15) is 14.0 Å². The highest BCUT2D eigenvalue weighted by Gasteiger charge is 2.26. The molecule has 0 unspecified atom stereocenters. The molecule has 2 aromatic rings. The molecule has 8 heteroatoms. The van der Waals surface area contributed by atoms with Gasteiger partial charge >= 0.3 is 0 Å². The van der Waals surface area contributed by atoms with Gasteiger partial charge in [-0.25, -0.2) is 4.39 Å². The molecule has 0 spiro atoms. The van der Waals surface area contributed by atoms with Crippen LogP contribution in [0.5, 0.6) is 0 Å². The lowest BCUT2D eigenvalue weighted by Crippen LogP contribution is -2.48. The lowest BCUT2D eigenvalue weighted by molar-refractivity contribution is -0.138. The van der Waals surface area contributed by atoms with Crippen molar-refractivity contribution in [2.24, 2.45) is 0 Å². The maximum absolute atomic E-state index is 14.2. The first-order valence-corrected chi connectivity index (χ1v) is 11.6. The quantitative estimate of drug-likeness (QED) is 0.511. The molecule has 0 heterocycles. The van der Waals surface area contributed by atoms with Crippen molar-refractivity contribution >= 4 is 46.8 Å². The smallest absolute Gasteiger partial charge is 0.242 e. The fourth-order valence-corrected chi connectivity index (χ4v) is 4.23. The van der Waals surface area contributed by atoms with Crippen molar-refractivity contribution in [1.29, 1.82) is 0 Å². The summed E-state index contributed by atoms with van der Waals surface area (Å²) in [7, 11) is 0. The second-order valence-electron chi connectivity index (χ2n) is 6.81. The fourth-order valence-electron chi connectivity index (χ4n) is 2.76. The largest absolute Gasteiger partial charge is 0.354 e. The maximum atomic E-state index is 14.2. The van der Waals surface area contributed by atoms with Crippen molar-refractivity contribution in [3.05, 3.63) is 69.5 Å². The van der Waals surface area contributed by atoms with Crippen molar-refractivity contribution in [3.8, 4) is 0 Å². The minimum atomic E-state index is -0.719. The number of rotatable bonds is 10. The van der Waals surface area contributed by atoms with Crippen molar-refractivity contribution in [2.45, 2.75) is 38.6 Å². The molecule has 0 aliphatic carbocycles. The van der Waals surface area contributed by atoms with Crippen LogP contribution in [0.2, 0.25) is 10.0 Å². The molecule has 2 aromatic carbocycles. The average Bonchev–Trinajstić information content (AvgIpc) is 2.72. The van der Waals surface area contributed by atoms with E-state index in [4.69, 9.17) is 23.2 Å². The summed E-state index contributed by atoms with van der Waals surface area (Å²) in [5, 5.41) is 3.89. The highest BCUT2D eigenvalue weighted by atomic mass is 35.5. The Morgan fingerprint density at radius 3 is 2.57 bits per heavy atom. The summed E-state index contributed by atoms with van der Waals surface area (Å²) in [5.41, 5.74) is 1.24. The zero-order valence-electron chi connectivity index (χ0n) is 17.0. The maximum Gasteiger partial charge on any atom is 0.242 e. The second kappa shape index (κ2) is 12.2. The third-order valence-corrected chi connectivity index (χ3v) is 6.07. The minimum Gasteiger partial charge on any atom is -0.354 e. The van der Waals surface area contributed by atoms with E-state index >= 15 is 0 Å². The molecule has 2 amide bonds. The van der Waals surface area contributed by atoms with E-state index in [-0.39, 0.29) is 24.1 Å². The predicted octanol–water partition coefficient (Wildman–Crippen LogP) is 5.31. The Kier molecular flexibility index (Phi) is 9.95. The number of halogens is 3. The Morgan fingerprint density at radius 2 is 1.90 bits per heavy atom. The van der Waals surface area contributed by atoms with Gasteiger partial charge in [-0.05, 0) is 37.1 Å². The zero-order chi connectivity index (χ0) is 22.1. The molecule has 0 bridgehead atoms. The summed E-state index contributed by atoms with van der Waals surface area (Å²) in [6.07, 6.45) is 0.789. The number of thioether (sulfide) groups is 1.